The highest BCUT2D eigenvalue weighted by Gasteiger charge is 2.05. The summed E-state index contributed by atoms with van der Waals surface area (Å²) in [6.07, 6.45) is 5.41. The zero-order valence-corrected chi connectivity index (χ0v) is 10.2. The lowest BCUT2D eigenvalue weighted by Crippen LogP contribution is -1.98. The van der Waals surface area contributed by atoms with E-state index in [0.29, 0.717) is 11.6 Å². The van der Waals surface area contributed by atoms with Crippen LogP contribution in [-0.2, 0) is 0 Å². The molecule has 3 rings (SSSR count). The first-order chi connectivity index (χ1) is 9.30. The lowest BCUT2D eigenvalue weighted by atomic mass is 10.2. The molecule has 1 aromatic carbocycles. The molecule has 0 aliphatic carbocycles. The molecule has 0 unspecified atom stereocenters. The number of aromatic nitrogens is 3. The molecule has 0 fully saturated rings. The first kappa shape index (κ1) is 11.2. The quantitative estimate of drug-likeness (QED) is 0.700. The summed E-state index contributed by atoms with van der Waals surface area (Å²) in [5.74, 6) is 1.28. The molecule has 19 heavy (non-hydrogen) atoms. The van der Waals surface area contributed by atoms with Gasteiger partial charge >= 0.3 is 0 Å². The van der Waals surface area contributed by atoms with E-state index in [-0.39, 0.29) is 0 Å². The van der Waals surface area contributed by atoms with Crippen LogP contribution in [-0.4, -0.2) is 21.6 Å². The van der Waals surface area contributed by atoms with Gasteiger partial charge in [-0.3, -0.25) is 4.57 Å². The summed E-state index contributed by atoms with van der Waals surface area (Å²) >= 11 is 0. The Morgan fingerprint density at radius 2 is 2.05 bits per heavy atom. The fourth-order valence-corrected chi connectivity index (χ4v) is 1.90. The Morgan fingerprint density at radius 3 is 2.84 bits per heavy atom. The van der Waals surface area contributed by atoms with E-state index in [4.69, 9.17) is 10.00 Å². The van der Waals surface area contributed by atoms with Crippen LogP contribution in [0.15, 0.2) is 42.9 Å². The van der Waals surface area contributed by atoms with E-state index < -0.39 is 0 Å². The second-order valence-electron chi connectivity index (χ2n) is 4.01. The summed E-state index contributed by atoms with van der Waals surface area (Å²) in [7, 11) is 1.64. The second kappa shape index (κ2) is 4.42. The molecular formula is C14H10N4O. The zero-order chi connectivity index (χ0) is 13.2. The normalized spacial score (nSPS) is 10.3. The topological polar surface area (TPSA) is 63.7 Å². The van der Waals surface area contributed by atoms with Crippen LogP contribution >= 0.6 is 0 Å². The Morgan fingerprint density at radius 1 is 1.21 bits per heavy atom. The molecular weight excluding hydrogens is 240 g/mol. The Balaban J connectivity index is 2.12. The van der Waals surface area contributed by atoms with E-state index in [1.807, 2.05) is 36.7 Å². The van der Waals surface area contributed by atoms with Gasteiger partial charge in [0.2, 0.25) is 5.95 Å². The van der Waals surface area contributed by atoms with Crippen LogP contribution in [0.2, 0.25) is 0 Å². The van der Waals surface area contributed by atoms with Gasteiger partial charge in [0.25, 0.3) is 0 Å². The van der Waals surface area contributed by atoms with Gasteiger partial charge in [0.05, 0.1) is 7.11 Å². The molecule has 92 valence electrons. The average Bonchev–Trinajstić information content (AvgIpc) is 2.90. The monoisotopic (exact) mass is 250 g/mol. The van der Waals surface area contributed by atoms with Crippen LogP contribution < -0.4 is 4.74 Å². The molecule has 0 aliphatic heterocycles. The smallest absolute Gasteiger partial charge is 0.234 e. The summed E-state index contributed by atoms with van der Waals surface area (Å²) in [6.45, 7) is 0. The van der Waals surface area contributed by atoms with Crippen molar-refractivity contribution in [2.75, 3.05) is 7.11 Å². The van der Waals surface area contributed by atoms with Crippen LogP contribution in [0.3, 0.4) is 0 Å². The van der Waals surface area contributed by atoms with Crippen LogP contribution in [0.25, 0.3) is 16.7 Å². The third kappa shape index (κ3) is 2.00. The molecule has 2 aromatic heterocycles. The van der Waals surface area contributed by atoms with Crippen molar-refractivity contribution in [3.63, 3.8) is 0 Å². The maximum absolute atomic E-state index is 8.85. The number of rotatable bonds is 2. The minimum absolute atomic E-state index is 0.348. The van der Waals surface area contributed by atoms with Crippen molar-refractivity contribution in [1.29, 1.82) is 5.26 Å². The summed E-state index contributed by atoms with van der Waals surface area (Å²) in [5, 5.41) is 10.9. The van der Waals surface area contributed by atoms with Gasteiger partial charge < -0.3 is 4.74 Å². The van der Waals surface area contributed by atoms with Crippen molar-refractivity contribution in [3.8, 4) is 17.8 Å². The number of hydrogen-bond donors (Lipinski definition) is 0. The van der Waals surface area contributed by atoms with Crippen molar-refractivity contribution < 1.29 is 4.74 Å². The average molecular weight is 250 g/mol. The Bertz CT molecular complexity index is 785. The van der Waals surface area contributed by atoms with Crippen LogP contribution in [0, 0.1) is 11.3 Å². The van der Waals surface area contributed by atoms with Gasteiger partial charge in [-0.1, -0.05) is 0 Å². The minimum Gasteiger partial charge on any atom is -0.497 e. The lowest BCUT2D eigenvalue weighted by molar-refractivity contribution is 0.415. The number of nitrogens with zero attached hydrogens (tertiary/aromatic N) is 4. The fraction of sp³-hybridized carbons (Fsp3) is 0.0714. The maximum Gasteiger partial charge on any atom is 0.234 e. The third-order valence-electron chi connectivity index (χ3n) is 2.84. The lowest BCUT2D eigenvalue weighted by Gasteiger charge is -1.98. The van der Waals surface area contributed by atoms with E-state index in [9.17, 15) is 0 Å². The number of benzene rings is 1. The van der Waals surface area contributed by atoms with Crippen molar-refractivity contribution in [2.45, 2.75) is 0 Å². The SMILES string of the molecule is COc1ccc2cn(-c3nccc(C#N)n3)cc2c1. The summed E-state index contributed by atoms with van der Waals surface area (Å²) in [4.78, 5) is 8.32. The highest BCUT2D eigenvalue weighted by Crippen LogP contribution is 2.22. The molecule has 0 atom stereocenters. The van der Waals surface area contributed by atoms with Crippen molar-refractivity contribution >= 4 is 10.8 Å². The number of ether oxygens (including phenoxy) is 1. The molecule has 0 saturated carbocycles. The largest absolute Gasteiger partial charge is 0.497 e. The highest BCUT2D eigenvalue weighted by molar-refractivity contribution is 5.84. The van der Waals surface area contributed by atoms with E-state index in [0.717, 1.165) is 16.5 Å². The third-order valence-corrected chi connectivity index (χ3v) is 2.84. The molecule has 3 aromatic rings. The van der Waals surface area contributed by atoms with E-state index in [1.165, 1.54) is 0 Å². The molecule has 0 saturated heterocycles. The van der Waals surface area contributed by atoms with Crippen LogP contribution in [0.4, 0.5) is 0 Å². The van der Waals surface area contributed by atoms with Gasteiger partial charge in [-0.25, -0.2) is 9.97 Å². The van der Waals surface area contributed by atoms with Gasteiger partial charge in [0.15, 0.2) is 0 Å². The molecule has 5 nitrogen and oxygen atoms in total. The van der Waals surface area contributed by atoms with Gasteiger partial charge in [0, 0.05) is 29.4 Å². The summed E-state index contributed by atoms with van der Waals surface area (Å²) in [5.41, 5.74) is 0.348. The molecule has 0 aliphatic rings. The first-order valence-electron chi connectivity index (χ1n) is 5.69. The second-order valence-corrected chi connectivity index (χ2v) is 4.01. The van der Waals surface area contributed by atoms with Gasteiger partial charge in [0.1, 0.15) is 17.5 Å². The number of nitriles is 1. The standard InChI is InChI=1S/C14H10N4O/c1-19-13-3-2-10-8-18(9-11(10)6-13)14-16-5-4-12(7-15)17-14/h2-6,8-9H,1H3. The number of methoxy groups -OCH3 is 1. The molecule has 0 spiro atoms. The predicted molar refractivity (Wildman–Crippen MR) is 70.1 cm³/mol. The van der Waals surface area contributed by atoms with Crippen molar-refractivity contribution in [3.05, 3.63) is 48.5 Å². The molecule has 0 bridgehead atoms. The maximum atomic E-state index is 8.85. The van der Waals surface area contributed by atoms with E-state index in [2.05, 4.69) is 9.97 Å². The molecule has 0 radical (unpaired) electrons. The first-order valence-corrected chi connectivity index (χ1v) is 5.69. The molecule has 5 heteroatoms. The van der Waals surface area contributed by atoms with Crippen LogP contribution in [0.1, 0.15) is 5.69 Å². The summed E-state index contributed by atoms with van der Waals surface area (Å²) < 4.78 is 6.99. The van der Waals surface area contributed by atoms with Gasteiger partial charge in [-0.05, 0) is 24.3 Å². The summed E-state index contributed by atoms with van der Waals surface area (Å²) in [6, 6.07) is 9.40. The fourth-order valence-electron chi connectivity index (χ4n) is 1.90. The molecule has 0 N–H and O–H groups in total. The van der Waals surface area contributed by atoms with Crippen molar-refractivity contribution in [1.82, 2.24) is 14.5 Å². The van der Waals surface area contributed by atoms with Gasteiger partial charge in [-0.15, -0.1) is 0 Å². The minimum atomic E-state index is 0.348. The molecule has 0 amide bonds. The van der Waals surface area contributed by atoms with E-state index in [1.54, 1.807) is 23.9 Å². The number of hydrogen-bond acceptors (Lipinski definition) is 4. The van der Waals surface area contributed by atoms with Crippen LogP contribution in [0.5, 0.6) is 5.75 Å². The molecule has 2 heterocycles. The number of fused-ring (bicyclic) bond motifs is 1. The Kier molecular flexibility index (Phi) is 2.62. The predicted octanol–water partition coefficient (Wildman–Crippen LogP) is 2.30. The van der Waals surface area contributed by atoms with E-state index >= 15 is 0 Å². The van der Waals surface area contributed by atoms with Gasteiger partial charge in [-0.2, -0.15) is 5.26 Å². The zero-order valence-electron chi connectivity index (χ0n) is 10.2. The highest BCUT2D eigenvalue weighted by atomic mass is 16.5. The Labute approximate surface area is 109 Å². The Hall–Kier alpha value is -2.87. The van der Waals surface area contributed by atoms with Crippen molar-refractivity contribution in [2.24, 2.45) is 0 Å².